The fraction of sp³-hybridized carbons (Fsp3) is 0.750. The molecule has 0 aromatic heterocycles. The SMILES string of the molecule is NC1CN(C[P@@H](=O)O)C1=O. The molecular formula is C4H9N2O3P. The van der Waals surface area contributed by atoms with E-state index in [0.717, 1.165) is 0 Å². The van der Waals surface area contributed by atoms with E-state index < -0.39 is 14.1 Å². The molecule has 2 atom stereocenters. The molecule has 5 nitrogen and oxygen atoms in total. The molecule has 1 amide bonds. The normalized spacial score (nSPS) is 28.0. The standard InChI is InChI=1S/C4H9N2O3P/c5-3-1-6(4(3)7)2-10(8)9/h3,10H,1-2,5H2,(H,8,9). The lowest BCUT2D eigenvalue weighted by atomic mass is 10.1. The third-order valence-electron chi connectivity index (χ3n) is 1.37. The smallest absolute Gasteiger partial charge is 0.241 e. The van der Waals surface area contributed by atoms with Gasteiger partial charge in [0.15, 0.2) is 0 Å². The van der Waals surface area contributed by atoms with Crippen molar-refractivity contribution >= 4 is 13.9 Å². The number of nitrogens with two attached hydrogens (primary N) is 1. The summed E-state index contributed by atoms with van der Waals surface area (Å²) in [4.78, 5) is 20.4. The van der Waals surface area contributed by atoms with Gasteiger partial charge in [0.1, 0.15) is 6.04 Å². The van der Waals surface area contributed by atoms with Crippen molar-refractivity contribution in [3.05, 3.63) is 0 Å². The van der Waals surface area contributed by atoms with Crippen LogP contribution < -0.4 is 5.73 Å². The van der Waals surface area contributed by atoms with E-state index in [4.69, 9.17) is 10.6 Å². The van der Waals surface area contributed by atoms with Gasteiger partial charge in [0.2, 0.25) is 13.9 Å². The summed E-state index contributed by atoms with van der Waals surface area (Å²) in [5, 5.41) is 0. The molecule has 0 spiro atoms. The number of carbonyl (C=O) groups is 1. The Hall–Kier alpha value is -0.380. The maximum absolute atomic E-state index is 10.7. The van der Waals surface area contributed by atoms with Crippen molar-refractivity contribution in [2.75, 3.05) is 12.8 Å². The molecule has 1 heterocycles. The van der Waals surface area contributed by atoms with Crippen molar-refractivity contribution in [1.82, 2.24) is 4.90 Å². The quantitative estimate of drug-likeness (QED) is 0.387. The summed E-state index contributed by atoms with van der Waals surface area (Å²) in [6, 6.07) is -0.443. The van der Waals surface area contributed by atoms with E-state index in [-0.39, 0.29) is 12.2 Å². The van der Waals surface area contributed by atoms with E-state index in [2.05, 4.69) is 0 Å². The minimum Gasteiger partial charge on any atom is -0.345 e. The van der Waals surface area contributed by atoms with Crippen molar-refractivity contribution in [3.8, 4) is 0 Å². The van der Waals surface area contributed by atoms with Crippen molar-refractivity contribution in [1.29, 1.82) is 0 Å². The van der Waals surface area contributed by atoms with Crippen LogP contribution in [0.2, 0.25) is 0 Å². The van der Waals surface area contributed by atoms with Crippen LogP contribution in [-0.4, -0.2) is 34.6 Å². The highest BCUT2D eigenvalue weighted by Gasteiger charge is 2.33. The predicted molar refractivity (Wildman–Crippen MR) is 35.8 cm³/mol. The van der Waals surface area contributed by atoms with Crippen molar-refractivity contribution < 1.29 is 14.3 Å². The number of nitrogens with zero attached hydrogens (tertiary/aromatic N) is 1. The van der Waals surface area contributed by atoms with E-state index in [1.165, 1.54) is 4.90 Å². The molecular weight excluding hydrogens is 155 g/mol. The Labute approximate surface area is 58.7 Å². The van der Waals surface area contributed by atoms with Crippen LogP contribution >= 0.6 is 8.03 Å². The maximum atomic E-state index is 10.7. The minimum absolute atomic E-state index is 0.0444. The number of β-lactam (4-membered cyclic amide) rings is 1. The van der Waals surface area contributed by atoms with Crippen LogP contribution in [-0.2, 0) is 9.36 Å². The van der Waals surface area contributed by atoms with Gasteiger partial charge in [-0.1, -0.05) is 0 Å². The van der Waals surface area contributed by atoms with Crippen LogP contribution in [0.5, 0.6) is 0 Å². The predicted octanol–water partition coefficient (Wildman–Crippen LogP) is -1.42. The number of hydrogen-bond donors (Lipinski definition) is 2. The van der Waals surface area contributed by atoms with Gasteiger partial charge in [-0.25, -0.2) is 0 Å². The highest BCUT2D eigenvalue weighted by molar-refractivity contribution is 7.37. The molecule has 3 N–H and O–H groups in total. The summed E-state index contributed by atoms with van der Waals surface area (Å²) in [6.07, 6.45) is -0.0444. The van der Waals surface area contributed by atoms with Crippen LogP contribution in [0.3, 0.4) is 0 Å². The summed E-state index contributed by atoms with van der Waals surface area (Å²) >= 11 is 0. The van der Waals surface area contributed by atoms with E-state index >= 15 is 0 Å². The lowest BCUT2D eigenvalue weighted by molar-refractivity contribution is -0.140. The zero-order chi connectivity index (χ0) is 7.72. The Kier molecular flexibility index (Phi) is 2.08. The lowest BCUT2D eigenvalue weighted by Gasteiger charge is -2.34. The fourth-order valence-corrected chi connectivity index (χ4v) is 1.44. The number of amides is 1. The summed E-state index contributed by atoms with van der Waals surface area (Å²) in [7, 11) is -2.55. The molecule has 0 saturated carbocycles. The van der Waals surface area contributed by atoms with Crippen molar-refractivity contribution in [2.45, 2.75) is 6.04 Å². The first kappa shape index (κ1) is 7.72. The molecule has 10 heavy (non-hydrogen) atoms. The Morgan fingerprint density at radius 3 is 2.80 bits per heavy atom. The first-order valence-corrected chi connectivity index (χ1v) is 4.43. The van der Waals surface area contributed by atoms with E-state index in [9.17, 15) is 9.36 Å². The van der Waals surface area contributed by atoms with Gasteiger partial charge < -0.3 is 15.5 Å². The number of likely N-dealkylation sites (tertiary alicyclic amines) is 1. The van der Waals surface area contributed by atoms with Gasteiger partial charge >= 0.3 is 0 Å². The number of carbonyl (C=O) groups excluding carboxylic acids is 1. The van der Waals surface area contributed by atoms with E-state index in [1.54, 1.807) is 0 Å². The van der Waals surface area contributed by atoms with Crippen LogP contribution in [0.1, 0.15) is 0 Å². The van der Waals surface area contributed by atoms with Gasteiger partial charge in [-0.3, -0.25) is 9.36 Å². The van der Waals surface area contributed by atoms with E-state index in [0.29, 0.717) is 6.54 Å². The third-order valence-corrected chi connectivity index (χ3v) is 2.02. The van der Waals surface area contributed by atoms with Crippen LogP contribution in [0, 0.1) is 0 Å². The molecule has 1 aliphatic heterocycles. The van der Waals surface area contributed by atoms with Gasteiger partial charge in [-0.05, 0) is 0 Å². The summed E-state index contributed by atoms with van der Waals surface area (Å²) in [5.74, 6) is -0.229. The Balaban J connectivity index is 2.34. The number of hydrogen-bond acceptors (Lipinski definition) is 3. The van der Waals surface area contributed by atoms with Crippen molar-refractivity contribution in [2.24, 2.45) is 5.73 Å². The monoisotopic (exact) mass is 164 g/mol. The Morgan fingerprint density at radius 1 is 1.90 bits per heavy atom. The summed E-state index contributed by atoms with van der Waals surface area (Å²) < 4.78 is 10.2. The Bertz CT molecular complexity index is 183. The maximum Gasteiger partial charge on any atom is 0.241 e. The second-order valence-corrected chi connectivity index (χ2v) is 3.32. The van der Waals surface area contributed by atoms with E-state index in [1.807, 2.05) is 0 Å². The first-order valence-electron chi connectivity index (χ1n) is 2.87. The first-order chi connectivity index (χ1) is 4.61. The molecule has 1 saturated heterocycles. The van der Waals surface area contributed by atoms with Gasteiger partial charge in [0.05, 0.1) is 6.29 Å². The second kappa shape index (κ2) is 2.70. The summed E-state index contributed by atoms with van der Waals surface area (Å²) in [6.45, 7) is 0.413. The molecule has 58 valence electrons. The van der Waals surface area contributed by atoms with Crippen molar-refractivity contribution in [3.63, 3.8) is 0 Å². The molecule has 1 unspecified atom stereocenters. The van der Waals surface area contributed by atoms with Gasteiger partial charge in [-0.2, -0.15) is 0 Å². The Morgan fingerprint density at radius 2 is 2.50 bits per heavy atom. The molecule has 0 aromatic rings. The minimum atomic E-state index is -2.55. The fourth-order valence-electron chi connectivity index (χ4n) is 0.833. The highest BCUT2D eigenvalue weighted by Crippen LogP contribution is 2.19. The summed E-state index contributed by atoms with van der Waals surface area (Å²) in [5.41, 5.74) is 5.22. The molecule has 0 aliphatic carbocycles. The van der Waals surface area contributed by atoms with Crippen LogP contribution in [0.25, 0.3) is 0 Å². The molecule has 6 heteroatoms. The number of rotatable bonds is 2. The molecule has 0 radical (unpaired) electrons. The van der Waals surface area contributed by atoms with Gasteiger partial charge in [0, 0.05) is 6.54 Å². The highest BCUT2D eigenvalue weighted by atomic mass is 31.1. The molecule has 1 rings (SSSR count). The zero-order valence-corrected chi connectivity index (χ0v) is 6.28. The molecule has 0 bridgehead atoms. The third kappa shape index (κ3) is 1.37. The molecule has 1 aliphatic rings. The van der Waals surface area contributed by atoms with Crippen LogP contribution in [0.15, 0.2) is 0 Å². The zero-order valence-electron chi connectivity index (χ0n) is 5.28. The van der Waals surface area contributed by atoms with Gasteiger partial charge in [0.25, 0.3) is 0 Å². The molecule has 0 aromatic carbocycles. The van der Waals surface area contributed by atoms with Gasteiger partial charge in [-0.15, -0.1) is 0 Å². The van der Waals surface area contributed by atoms with Crippen LogP contribution in [0.4, 0.5) is 0 Å². The topological polar surface area (TPSA) is 83.6 Å². The average molecular weight is 164 g/mol. The second-order valence-electron chi connectivity index (χ2n) is 2.22. The largest absolute Gasteiger partial charge is 0.345 e. The lowest BCUT2D eigenvalue weighted by Crippen LogP contribution is -2.60. The average Bonchev–Trinajstić information content (AvgIpc) is 1.86. The molecule has 1 fully saturated rings.